The van der Waals surface area contributed by atoms with Crippen molar-refractivity contribution >= 4 is 28.9 Å². The molecule has 0 saturated carbocycles. The quantitative estimate of drug-likeness (QED) is 0.940. The van der Waals surface area contributed by atoms with Crippen molar-refractivity contribution in [3.8, 4) is 0 Å². The molecule has 21 heavy (non-hydrogen) atoms. The minimum atomic E-state index is -0.221. The maximum Gasteiger partial charge on any atom is 0.180 e. The molecule has 1 atom stereocenters. The number of rotatable bonds is 3. The number of aromatic nitrogens is 1. The normalized spacial score (nSPS) is 19.2. The number of ether oxygens (including phenoxy) is 1. The molecular formula is C14H17ClFN3OS. The van der Waals surface area contributed by atoms with E-state index < -0.39 is 0 Å². The monoisotopic (exact) mass is 329 g/mol. The van der Waals surface area contributed by atoms with Crippen molar-refractivity contribution in [1.29, 1.82) is 0 Å². The number of nitrogen functional groups attached to an aromatic ring is 1. The molecule has 1 aromatic heterocycles. The molecule has 7 heteroatoms. The molecule has 3 rings (SSSR count). The highest BCUT2D eigenvalue weighted by atomic mass is 35.5. The van der Waals surface area contributed by atoms with Gasteiger partial charge in [0.15, 0.2) is 5.13 Å². The van der Waals surface area contributed by atoms with Gasteiger partial charge in [0.25, 0.3) is 0 Å². The summed E-state index contributed by atoms with van der Waals surface area (Å²) in [6, 6.07) is 6.52. The average Bonchev–Trinajstić information content (AvgIpc) is 2.85. The number of morpholine rings is 1. The molecule has 114 valence electrons. The molecule has 0 radical (unpaired) electrons. The van der Waals surface area contributed by atoms with Crippen molar-refractivity contribution in [1.82, 2.24) is 9.88 Å². The first-order chi connectivity index (χ1) is 9.70. The second-order valence-corrected chi connectivity index (χ2v) is 5.96. The number of thiazole rings is 1. The summed E-state index contributed by atoms with van der Waals surface area (Å²) in [5.74, 6) is -0.221. The highest BCUT2D eigenvalue weighted by Crippen LogP contribution is 2.25. The van der Waals surface area contributed by atoms with Gasteiger partial charge in [-0.15, -0.1) is 23.7 Å². The van der Waals surface area contributed by atoms with Crippen LogP contribution in [0.5, 0.6) is 0 Å². The summed E-state index contributed by atoms with van der Waals surface area (Å²) >= 11 is 1.51. The van der Waals surface area contributed by atoms with Gasteiger partial charge in [-0.05, 0) is 17.7 Å². The number of nitrogens with zero attached hydrogens (tertiary/aromatic N) is 2. The van der Waals surface area contributed by atoms with Gasteiger partial charge >= 0.3 is 0 Å². The van der Waals surface area contributed by atoms with Crippen LogP contribution in [0.2, 0.25) is 0 Å². The van der Waals surface area contributed by atoms with Crippen LogP contribution in [0, 0.1) is 5.82 Å². The number of nitrogens with two attached hydrogens (primary N) is 1. The van der Waals surface area contributed by atoms with E-state index in [9.17, 15) is 4.39 Å². The van der Waals surface area contributed by atoms with Gasteiger partial charge in [-0.3, -0.25) is 4.90 Å². The fourth-order valence-electron chi connectivity index (χ4n) is 2.34. The molecule has 4 nitrogen and oxygen atoms in total. The van der Waals surface area contributed by atoms with E-state index >= 15 is 0 Å². The predicted octanol–water partition coefficient (Wildman–Crippen LogP) is 2.86. The number of anilines is 1. The zero-order valence-corrected chi connectivity index (χ0v) is 13.0. The second kappa shape index (κ2) is 7.17. The smallest absolute Gasteiger partial charge is 0.180 e. The Morgan fingerprint density at radius 3 is 2.81 bits per heavy atom. The molecular weight excluding hydrogens is 313 g/mol. The molecule has 0 amide bonds. The predicted molar refractivity (Wildman–Crippen MR) is 84.1 cm³/mol. The fraction of sp³-hybridized carbons (Fsp3) is 0.357. The van der Waals surface area contributed by atoms with E-state index in [1.807, 2.05) is 6.20 Å². The van der Waals surface area contributed by atoms with Crippen LogP contribution >= 0.6 is 23.7 Å². The Bertz CT molecular complexity index is 578. The van der Waals surface area contributed by atoms with Gasteiger partial charge in [0.2, 0.25) is 0 Å². The number of halogens is 2. The van der Waals surface area contributed by atoms with Crippen LogP contribution in [-0.4, -0.2) is 29.6 Å². The van der Waals surface area contributed by atoms with Crippen molar-refractivity contribution in [2.45, 2.75) is 12.6 Å². The lowest BCUT2D eigenvalue weighted by molar-refractivity contribution is -0.0326. The zero-order valence-electron chi connectivity index (χ0n) is 11.4. The number of hydrogen-bond donors (Lipinski definition) is 1. The van der Waals surface area contributed by atoms with Gasteiger partial charge < -0.3 is 10.5 Å². The third-order valence-electron chi connectivity index (χ3n) is 3.34. The summed E-state index contributed by atoms with van der Waals surface area (Å²) in [6.45, 7) is 3.19. The van der Waals surface area contributed by atoms with Crippen LogP contribution in [0.4, 0.5) is 9.52 Å². The minimum absolute atomic E-state index is 0. The molecule has 0 aliphatic carbocycles. The van der Waals surface area contributed by atoms with Crippen molar-refractivity contribution < 1.29 is 9.13 Å². The third kappa shape index (κ3) is 4.14. The van der Waals surface area contributed by atoms with E-state index in [1.165, 1.54) is 23.5 Å². The largest absolute Gasteiger partial charge is 0.375 e. The Labute approximate surface area is 133 Å². The summed E-state index contributed by atoms with van der Waals surface area (Å²) < 4.78 is 18.7. The van der Waals surface area contributed by atoms with Crippen LogP contribution in [0.25, 0.3) is 0 Å². The molecule has 0 spiro atoms. The van der Waals surface area contributed by atoms with Gasteiger partial charge in [-0.2, -0.15) is 0 Å². The molecule has 1 aliphatic heterocycles. The summed E-state index contributed by atoms with van der Waals surface area (Å²) in [4.78, 5) is 7.53. The van der Waals surface area contributed by atoms with Crippen LogP contribution in [0.3, 0.4) is 0 Å². The molecule has 1 aliphatic rings. The highest BCUT2D eigenvalue weighted by Gasteiger charge is 2.22. The maximum absolute atomic E-state index is 13.0. The van der Waals surface area contributed by atoms with E-state index in [1.54, 1.807) is 12.1 Å². The molecule has 2 aromatic rings. The Morgan fingerprint density at radius 2 is 2.14 bits per heavy atom. The lowest BCUT2D eigenvalue weighted by Gasteiger charge is -2.32. The Balaban J connectivity index is 0.00000161. The molecule has 2 heterocycles. The first-order valence-corrected chi connectivity index (χ1v) is 7.32. The van der Waals surface area contributed by atoms with Crippen molar-refractivity contribution in [2.24, 2.45) is 0 Å². The van der Waals surface area contributed by atoms with Crippen molar-refractivity contribution in [3.63, 3.8) is 0 Å². The Hall–Kier alpha value is -1.21. The van der Waals surface area contributed by atoms with Gasteiger partial charge in [-0.1, -0.05) is 12.1 Å². The first kappa shape index (κ1) is 16.2. The molecule has 0 bridgehead atoms. The van der Waals surface area contributed by atoms with E-state index in [2.05, 4.69) is 9.88 Å². The van der Waals surface area contributed by atoms with Crippen LogP contribution in [0.15, 0.2) is 30.5 Å². The van der Waals surface area contributed by atoms with Crippen molar-refractivity contribution in [3.05, 3.63) is 46.7 Å². The van der Waals surface area contributed by atoms with Gasteiger partial charge in [-0.25, -0.2) is 9.37 Å². The van der Waals surface area contributed by atoms with E-state index in [0.29, 0.717) is 11.7 Å². The Kier molecular flexibility index (Phi) is 5.52. The number of hydrogen-bond acceptors (Lipinski definition) is 5. The van der Waals surface area contributed by atoms with Gasteiger partial charge in [0, 0.05) is 30.7 Å². The molecule has 1 unspecified atom stereocenters. The van der Waals surface area contributed by atoms with Crippen LogP contribution in [-0.2, 0) is 11.3 Å². The first-order valence-electron chi connectivity index (χ1n) is 6.50. The van der Waals surface area contributed by atoms with E-state index in [-0.39, 0.29) is 24.3 Å². The van der Waals surface area contributed by atoms with Gasteiger partial charge in [0.05, 0.1) is 12.7 Å². The van der Waals surface area contributed by atoms with Crippen LogP contribution < -0.4 is 5.73 Å². The zero-order chi connectivity index (χ0) is 13.9. The molecule has 1 aromatic carbocycles. The fourth-order valence-corrected chi connectivity index (χ4v) is 3.07. The second-order valence-electron chi connectivity index (χ2n) is 4.81. The standard InChI is InChI=1S/C14H16FN3OS.ClH/c15-11-3-1-10(2-4-11)13-9-18(5-6-19-13)8-12-7-17-14(16)20-12;/h1-4,7,13H,5-6,8-9H2,(H2,16,17);1H. The minimum Gasteiger partial charge on any atom is -0.375 e. The van der Waals surface area contributed by atoms with Crippen LogP contribution in [0.1, 0.15) is 16.5 Å². The SMILES string of the molecule is Cl.Nc1ncc(CN2CCOC(c3ccc(F)cc3)C2)s1. The average molecular weight is 330 g/mol. The Morgan fingerprint density at radius 1 is 1.38 bits per heavy atom. The molecule has 1 fully saturated rings. The van der Waals surface area contributed by atoms with Gasteiger partial charge in [0.1, 0.15) is 5.82 Å². The lowest BCUT2D eigenvalue weighted by atomic mass is 10.1. The maximum atomic E-state index is 13.0. The summed E-state index contributed by atoms with van der Waals surface area (Å²) in [6.07, 6.45) is 1.82. The van der Waals surface area contributed by atoms with Crippen molar-refractivity contribution in [2.75, 3.05) is 25.4 Å². The summed E-state index contributed by atoms with van der Waals surface area (Å²) in [5, 5.41) is 0.600. The lowest BCUT2D eigenvalue weighted by Crippen LogP contribution is -2.37. The molecule has 2 N–H and O–H groups in total. The van der Waals surface area contributed by atoms with E-state index in [4.69, 9.17) is 10.5 Å². The summed E-state index contributed by atoms with van der Waals surface area (Å²) in [7, 11) is 0. The molecule has 1 saturated heterocycles. The van der Waals surface area contributed by atoms with E-state index in [0.717, 1.165) is 30.1 Å². The summed E-state index contributed by atoms with van der Waals surface area (Å²) in [5.41, 5.74) is 6.66. The highest BCUT2D eigenvalue weighted by molar-refractivity contribution is 7.15. The third-order valence-corrected chi connectivity index (χ3v) is 4.15. The number of benzene rings is 1. The topological polar surface area (TPSA) is 51.4 Å².